The number of esters is 1. The van der Waals surface area contributed by atoms with Crippen LogP contribution in [0, 0.1) is 0 Å². The van der Waals surface area contributed by atoms with Crippen LogP contribution < -0.4 is 33.8 Å². The van der Waals surface area contributed by atoms with Gasteiger partial charge in [0.2, 0.25) is 0 Å². The molecule has 1 atom stereocenters. The SMILES string of the molecule is C=CCOc1ccc(/C=c2\sc3n(c2=O)[C@H](c2cc(OC)ccc2OC)C(C(=O)OCC)=C(CCC)N=3)cc1OC. The van der Waals surface area contributed by atoms with E-state index in [1.807, 2.05) is 13.0 Å². The number of thiazole rings is 1. The summed E-state index contributed by atoms with van der Waals surface area (Å²) >= 11 is 1.25. The van der Waals surface area contributed by atoms with Gasteiger partial charge in [-0.15, -0.1) is 0 Å². The van der Waals surface area contributed by atoms with Crippen molar-refractivity contribution in [2.45, 2.75) is 32.7 Å². The van der Waals surface area contributed by atoms with E-state index in [1.54, 1.807) is 70.7 Å². The molecule has 4 rings (SSSR count). The number of carbonyl (C=O) groups excluding carboxylic acids is 1. The van der Waals surface area contributed by atoms with Gasteiger partial charge in [0.05, 0.1) is 43.7 Å². The molecular formula is C31H34N2O7S. The number of benzene rings is 2. The summed E-state index contributed by atoms with van der Waals surface area (Å²) in [4.78, 5) is 32.8. The van der Waals surface area contributed by atoms with Gasteiger partial charge in [0.25, 0.3) is 5.56 Å². The molecule has 1 aliphatic heterocycles. The van der Waals surface area contributed by atoms with Crippen LogP contribution in [0.4, 0.5) is 0 Å². The van der Waals surface area contributed by atoms with Crippen molar-refractivity contribution in [1.82, 2.24) is 4.57 Å². The molecule has 0 bridgehead atoms. The van der Waals surface area contributed by atoms with E-state index in [1.165, 1.54) is 15.9 Å². The molecule has 10 heteroatoms. The van der Waals surface area contributed by atoms with Crippen molar-refractivity contribution in [2.24, 2.45) is 4.99 Å². The molecular weight excluding hydrogens is 544 g/mol. The molecule has 0 spiro atoms. The number of hydrogen-bond donors (Lipinski definition) is 0. The second-order valence-electron chi connectivity index (χ2n) is 9.03. The summed E-state index contributed by atoms with van der Waals surface area (Å²) in [6, 6.07) is 9.90. The summed E-state index contributed by atoms with van der Waals surface area (Å²) in [6.45, 7) is 7.95. The summed E-state index contributed by atoms with van der Waals surface area (Å²) < 4.78 is 29.8. The number of allylic oxidation sites excluding steroid dienone is 1. The standard InChI is InChI=1S/C31H34N2O7S/c1-7-10-22-27(30(35)39-9-3)28(21-18-20(36-4)12-14-23(21)37-5)33-29(34)26(41-31(33)32-22)17-19-11-13-24(40-15-8-2)25(16-19)38-6/h8,11-14,16-18,28H,2,7,9-10,15H2,1,3-6H3/b26-17-/t28-/m1/s1. The Kier molecular flexibility index (Phi) is 9.67. The molecule has 0 amide bonds. The molecule has 2 aromatic carbocycles. The predicted molar refractivity (Wildman–Crippen MR) is 158 cm³/mol. The lowest BCUT2D eigenvalue weighted by atomic mass is 9.93. The minimum atomic E-state index is -0.830. The van der Waals surface area contributed by atoms with E-state index in [9.17, 15) is 9.59 Å². The minimum absolute atomic E-state index is 0.183. The fourth-order valence-electron chi connectivity index (χ4n) is 4.66. The molecule has 9 nitrogen and oxygen atoms in total. The van der Waals surface area contributed by atoms with Crippen molar-refractivity contribution < 1.29 is 28.5 Å². The lowest BCUT2D eigenvalue weighted by Crippen LogP contribution is -2.40. The maximum Gasteiger partial charge on any atom is 0.338 e. The van der Waals surface area contributed by atoms with Gasteiger partial charge >= 0.3 is 5.97 Å². The number of nitrogens with zero attached hydrogens (tertiary/aromatic N) is 2. The highest BCUT2D eigenvalue weighted by Crippen LogP contribution is 2.38. The van der Waals surface area contributed by atoms with Crippen molar-refractivity contribution in [3.05, 3.63) is 91.1 Å². The largest absolute Gasteiger partial charge is 0.497 e. The van der Waals surface area contributed by atoms with Gasteiger partial charge in [-0.25, -0.2) is 9.79 Å². The molecule has 1 aromatic heterocycles. The Morgan fingerprint density at radius 3 is 2.46 bits per heavy atom. The van der Waals surface area contributed by atoms with E-state index >= 15 is 0 Å². The summed E-state index contributed by atoms with van der Waals surface area (Å²) in [5.74, 6) is 1.64. The van der Waals surface area contributed by atoms with E-state index in [0.29, 0.717) is 62.2 Å². The molecule has 0 aliphatic carbocycles. The first-order valence-electron chi connectivity index (χ1n) is 13.3. The first kappa shape index (κ1) is 29.7. The highest BCUT2D eigenvalue weighted by Gasteiger charge is 2.36. The van der Waals surface area contributed by atoms with Crippen molar-refractivity contribution in [1.29, 1.82) is 0 Å². The zero-order valence-corrected chi connectivity index (χ0v) is 24.7. The molecule has 2 heterocycles. The molecule has 0 N–H and O–H groups in total. The van der Waals surface area contributed by atoms with Crippen LogP contribution in [0.25, 0.3) is 6.08 Å². The molecule has 41 heavy (non-hydrogen) atoms. The van der Waals surface area contributed by atoms with Gasteiger partial charge in [-0.3, -0.25) is 9.36 Å². The maximum absolute atomic E-state index is 14.1. The first-order chi connectivity index (χ1) is 19.9. The Morgan fingerprint density at radius 2 is 1.80 bits per heavy atom. The van der Waals surface area contributed by atoms with Gasteiger partial charge in [-0.05, 0) is 55.3 Å². The molecule has 0 unspecified atom stereocenters. The second kappa shape index (κ2) is 13.4. The molecule has 0 fully saturated rings. The van der Waals surface area contributed by atoms with Crippen molar-refractivity contribution >= 4 is 23.4 Å². The van der Waals surface area contributed by atoms with Crippen LogP contribution in [0.1, 0.15) is 43.9 Å². The Bertz CT molecular complexity index is 1650. The zero-order chi connectivity index (χ0) is 29.5. The quantitative estimate of drug-likeness (QED) is 0.235. The number of aromatic nitrogens is 1. The number of ether oxygens (including phenoxy) is 5. The number of methoxy groups -OCH3 is 3. The van der Waals surface area contributed by atoms with Gasteiger partial charge in [0.15, 0.2) is 16.3 Å². The van der Waals surface area contributed by atoms with Crippen LogP contribution in [-0.4, -0.2) is 45.1 Å². The predicted octanol–water partition coefficient (Wildman–Crippen LogP) is 4.17. The summed E-state index contributed by atoms with van der Waals surface area (Å²) in [6.07, 6.45) is 4.71. The van der Waals surface area contributed by atoms with Crippen LogP contribution in [0.2, 0.25) is 0 Å². The van der Waals surface area contributed by atoms with Gasteiger partial charge in [-0.2, -0.15) is 0 Å². The van der Waals surface area contributed by atoms with E-state index in [4.69, 9.17) is 28.7 Å². The van der Waals surface area contributed by atoms with Crippen LogP contribution in [0.15, 0.2) is 70.1 Å². The highest BCUT2D eigenvalue weighted by molar-refractivity contribution is 7.07. The Labute approximate surface area is 242 Å². The van der Waals surface area contributed by atoms with Gasteiger partial charge in [0, 0.05) is 5.56 Å². The van der Waals surface area contributed by atoms with E-state index in [2.05, 4.69) is 6.58 Å². The molecule has 1 aliphatic rings. The average Bonchev–Trinajstić information content (AvgIpc) is 3.29. The highest BCUT2D eigenvalue weighted by atomic mass is 32.1. The van der Waals surface area contributed by atoms with E-state index < -0.39 is 12.0 Å². The van der Waals surface area contributed by atoms with Gasteiger partial charge in [-0.1, -0.05) is 43.4 Å². The van der Waals surface area contributed by atoms with Gasteiger partial charge in [0.1, 0.15) is 24.1 Å². The molecule has 0 radical (unpaired) electrons. The lowest BCUT2D eigenvalue weighted by Gasteiger charge is -2.27. The fourth-order valence-corrected chi connectivity index (χ4v) is 5.68. The summed E-state index contributed by atoms with van der Waals surface area (Å²) in [5, 5.41) is 0. The normalized spacial score (nSPS) is 14.7. The van der Waals surface area contributed by atoms with E-state index in [-0.39, 0.29) is 12.2 Å². The third-order valence-corrected chi connectivity index (χ3v) is 7.45. The van der Waals surface area contributed by atoms with Crippen molar-refractivity contribution in [3.8, 4) is 23.0 Å². The molecule has 0 saturated heterocycles. The van der Waals surface area contributed by atoms with E-state index in [0.717, 1.165) is 12.0 Å². The zero-order valence-electron chi connectivity index (χ0n) is 23.9. The first-order valence-corrected chi connectivity index (χ1v) is 14.1. The van der Waals surface area contributed by atoms with Gasteiger partial charge < -0.3 is 23.7 Å². The lowest BCUT2D eigenvalue weighted by molar-refractivity contribution is -0.139. The summed E-state index contributed by atoms with van der Waals surface area (Å²) in [5.41, 5.74) is 1.93. The third-order valence-electron chi connectivity index (χ3n) is 6.47. The topological polar surface area (TPSA) is 97.6 Å². The number of hydrogen-bond acceptors (Lipinski definition) is 9. The number of carbonyl (C=O) groups is 1. The Balaban J connectivity index is 1.98. The Morgan fingerprint density at radius 1 is 1.05 bits per heavy atom. The molecule has 0 saturated carbocycles. The number of fused-ring (bicyclic) bond motifs is 1. The van der Waals surface area contributed by atoms with Crippen LogP contribution >= 0.6 is 11.3 Å². The second-order valence-corrected chi connectivity index (χ2v) is 10.0. The Hall–Kier alpha value is -4.31. The maximum atomic E-state index is 14.1. The smallest absolute Gasteiger partial charge is 0.338 e. The molecule has 216 valence electrons. The van der Waals surface area contributed by atoms with Crippen LogP contribution in [0.5, 0.6) is 23.0 Å². The third kappa shape index (κ3) is 6.07. The van der Waals surface area contributed by atoms with Crippen LogP contribution in [-0.2, 0) is 9.53 Å². The summed E-state index contributed by atoms with van der Waals surface area (Å²) in [7, 11) is 4.66. The van der Waals surface area contributed by atoms with Crippen molar-refractivity contribution in [3.63, 3.8) is 0 Å². The van der Waals surface area contributed by atoms with Crippen LogP contribution in [0.3, 0.4) is 0 Å². The minimum Gasteiger partial charge on any atom is -0.497 e. The molecule has 3 aromatic rings. The monoisotopic (exact) mass is 578 g/mol. The fraction of sp³-hybridized carbons (Fsp3) is 0.323. The number of rotatable bonds is 12. The average molecular weight is 579 g/mol. The van der Waals surface area contributed by atoms with Crippen molar-refractivity contribution in [2.75, 3.05) is 34.5 Å².